The zero-order valence-electron chi connectivity index (χ0n) is 34.0. The normalized spacial score (nSPS) is 15.0. The fourth-order valence-electron chi connectivity index (χ4n) is 9.95. The molecular formula is C57H37N5O. The second-order valence-electron chi connectivity index (χ2n) is 16.3. The van der Waals surface area contributed by atoms with E-state index in [1.165, 1.54) is 22.1 Å². The minimum atomic E-state index is -0.242. The van der Waals surface area contributed by atoms with Crippen molar-refractivity contribution >= 4 is 38.8 Å². The van der Waals surface area contributed by atoms with Crippen LogP contribution in [0.1, 0.15) is 28.8 Å². The average Bonchev–Trinajstić information content (AvgIpc) is 4.02. The van der Waals surface area contributed by atoms with Crippen LogP contribution in [0, 0.1) is 0 Å². The van der Waals surface area contributed by atoms with Gasteiger partial charge in [0, 0.05) is 50.0 Å². The van der Waals surface area contributed by atoms with E-state index >= 15 is 0 Å². The fourth-order valence-corrected chi connectivity index (χ4v) is 9.95. The SMILES string of the molecule is C1=CC2c3c(cccc3-c3nc(-c4ccc(-c5ccccc5)cc4)nc(-n4c5ccccc5c5ccccc54)n3)OC2c2c1n(-c1cccc(-c3ccccc3)c1)c1ccccc21. The van der Waals surface area contributed by atoms with Crippen LogP contribution in [0.4, 0.5) is 0 Å². The van der Waals surface area contributed by atoms with Gasteiger partial charge in [-0.15, -0.1) is 0 Å². The summed E-state index contributed by atoms with van der Waals surface area (Å²) in [6, 6.07) is 70.3. The van der Waals surface area contributed by atoms with Crippen LogP contribution in [0.2, 0.25) is 0 Å². The van der Waals surface area contributed by atoms with E-state index in [1.807, 2.05) is 6.07 Å². The third-order valence-corrected chi connectivity index (χ3v) is 12.8. The lowest BCUT2D eigenvalue weighted by molar-refractivity contribution is 0.224. The minimum absolute atomic E-state index is 0.0688. The predicted octanol–water partition coefficient (Wildman–Crippen LogP) is 13.8. The Morgan fingerprint density at radius 3 is 1.68 bits per heavy atom. The van der Waals surface area contributed by atoms with Crippen LogP contribution in [-0.4, -0.2) is 24.1 Å². The van der Waals surface area contributed by atoms with E-state index in [0.29, 0.717) is 17.6 Å². The summed E-state index contributed by atoms with van der Waals surface area (Å²) in [5, 5.41) is 3.48. The Morgan fingerprint density at radius 1 is 0.413 bits per heavy atom. The number of nitrogens with zero attached hydrogens (tertiary/aromatic N) is 5. The van der Waals surface area contributed by atoms with Crippen molar-refractivity contribution in [3.63, 3.8) is 0 Å². The van der Waals surface area contributed by atoms with E-state index in [0.717, 1.165) is 72.3 Å². The third-order valence-electron chi connectivity index (χ3n) is 12.8. The standard InChI is InChI=1S/C57H37N5O/c1-3-15-36(16-4-1)38-29-31-39(32-30-38)55-58-56(60-57(59-55)62-47-25-10-7-21-42(47)43-22-8-11-26-48(43)62)46-24-14-28-51-52(46)45-33-34-50-53(54(45)63-51)44-23-9-12-27-49(44)61(50)41-20-13-19-40(35-41)37-17-5-2-6-18-37/h1-35,45,54H. The quantitative estimate of drug-likeness (QED) is 0.168. The number of hydrogen-bond donors (Lipinski definition) is 0. The maximum atomic E-state index is 7.10. The van der Waals surface area contributed by atoms with E-state index < -0.39 is 0 Å². The highest BCUT2D eigenvalue weighted by atomic mass is 16.5. The lowest BCUT2D eigenvalue weighted by Crippen LogP contribution is -2.14. The van der Waals surface area contributed by atoms with Gasteiger partial charge in [-0.05, 0) is 64.7 Å². The van der Waals surface area contributed by atoms with Crippen LogP contribution in [0.15, 0.2) is 206 Å². The third kappa shape index (κ3) is 5.62. The Kier molecular flexibility index (Phi) is 7.93. The van der Waals surface area contributed by atoms with E-state index in [9.17, 15) is 0 Å². The lowest BCUT2D eigenvalue weighted by atomic mass is 9.83. The van der Waals surface area contributed by atoms with Crippen molar-refractivity contribution in [1.29, 1.82) is 0 Å². The van der Waals surface area contributed by atoms with Gasteiger partial charge in [0.15, 0.2) is 11.6 Å². The molecular weight excluding hydrogens is 771 g/mol. The summed E-state index contributed by atoms with van der Waals surface area (Å²) in [6.45, 7) is 0. The molecule has 2 atom stereocenters. The largest absolute Gasteiger partial charge is 0.484 e. The average molecular weight is 808 g/mol. The van der Waals surface area contributed by atoms with Gasteiger partial charge >= 0.3 is 0 Å². The molecule has 0 N–H and O–H groups in total. The first-order valence-electron chi connectivity index (χ1n) is 21.4. The molecule has 3 aromatic heterocycles. The van der Waals surface area contributed by atoms with E-state index in [2.05, 4.69) is 215 Å². The molecule has 63 heavy (non-hydrogen) atoms. The first-order valence-corrected chi connectivity index (χ1v) is 21.4. The van der Waals surface area contributed by atoms with Crippen molar-refractivity contribution in [3.8, 4) is 62.4 Å². The molecule has 296 valence electrons. The Balaban J connectivity index is 0.975. The molecule has 8 aromatic carbocycles. The first-order chi connectivity index (χ1) is 31.2. The number of hydrogen-bond acceptors (Lipinski definition) is 4. The van der Waals surface area contributed by atoms with Gasteiger partial charge in [0.1, 0.15) is 11.9 Å². The summed E-state index contributed by atoms with van der Waals surface area (Å²) in [7, 11) is 0. The second-order valence-corrected chi connectivity index (χ2v) is 16.3. The smallest absolute Gasteiger partial charge is 0.238 e. The molecule has 0 spiro atoms. The maximum Gasteiger partial charge on any atom is 0.238 e. The molecule has 0 fully saturated rings. The van der Waals surface area contributed by atoms with Gasteiger partial charge in [-0.1, -0.05) is 170 Å². The molecule has 1 aliphatic heterocycles. The van der Waals surface area contributed by atoms with Crippen LogP contribution in [0.5, 0.6) is 5.75 Å². The molecule has 11 aromatic rings. The number of fused-ring (bicyclic) bond motifs is 10. The summed E-state index contributed by atoms with van der Waals surface area (Å²) in [5.41, 5.74) is 14.2. The number of ether oxygens (including phenoxy) is 1. The Morgan fingerprint density at radius 2 is 0.968 bits per heavy atom. The molecule has 0 bridgehead atoms. The topological polar surface area (TPSA) is 57.8 Å². The highest BCUT2D eigenvalue weighted by molar-refractivity contribution is 6.09. The highest BCUT2D eigenvalue weighted by Gasteiger charge is 2.42. The van der Waals surface area contributed by atoms with Gasteiger partial charge < -0.3 is 9.30 Å². The first kappa shape index (κ1) is 35.4. The van der Waals surface area contributed by atoms with Crippen molar-refractivity contribution in [2.24, 2.45) is 0 Å². The fraction of sp³-hybridized carbons (Fsp3) is 0.0351. The van der Waals surface area contributed by atoms with Crippen LogP contribution >= 0.6 is 0 Å². The highest BCUT2D eigenvalue weighted by Crippen LogP contribution is 2.55. The number of para-hydroxylation sites is 3. The molecule has 4 heterocycles. The molecule has 6 nitrogen and oxygen atoms in total. The minimum Gasteiger partial charge on any atom is -0.484 e. The van der Waals surface area contributed by atoms with Gasteiger partial charge in [0.25, 0.3) is 0 Å². The molecule has 0 radical (unpaired) electrons. The molecule has 2 unspecified atom stereocenters. The monoisotopic (exact) mass is 807 g/mol. The van der Waals surface area contributed by atoms with E-state index in [1.54, 1.807) is 0 Å². The van der Waals surface area contributed by atoms with Crippen molar-refractivity contribution < 1.29 is 4.74 Å². The van der Waals surface area contributed by atoms with E-state index in [-0.39, 0.29) is 12.0 Å². The number of aromatic nitrogens is 5. The van der Waals surface area contributed by atoms with Crippen LogP contribution in [-0.2, 0) is 0 Å². The Bertz CT molecular complexity index is 3550. The Labute approximate surface area is 363 Å². The maximum absolute atomic E-state index is 7.10. The molecule has 0 saturated heterocycles. The molecule has 6 heteroatoms. The van der Waals surface area contributed by atoms with Gasteiger partial charge in [-0.2, -0.15) is 9.97 Å². The second kappa shape index (κ2) is 14.1. The summed E-state index contributed by atoms with van der Waals surface area (Å²) in [6.07, 6.45) is 4.36. The Hall–Kier alpha value is -8.35. The van der Waals surface area contributed by atoms with Gasteiger partial charge in [-0.25, -0.2) is 4.98 Å². The summed E-state index contributed by atoms with van der Waals surface area (Å²) >= 11 is 0. The van der Waals surface area contributed by atoms with Crippen LogP contribution < -0.4 is 4.74 Å². The molecule has 0 amide bonds. The number of rotatable bonds is 6. The van der Waals surface area contributed by atoms with Crippen molar-refractivity contribution in [1.82, 2.24) is 24.1 Å². The van der Waals surface area contributed by atoms with E-state index in [4.69, 9.17) is 19.7 Å². The predicted molar refractivity (Wildman–Crippen MR) is 254 cm³/mol. The van der Waals surface area contributed by atoms with Gasteiger partial charge in [0.05, 0.1) is 22.2 Å². The number of benzene rings is 8. The molecule has 1 aliphatic carbocycles. The molecule has 13 rings (SSSR count). The zero-order chi connectivity index (χ0) is 41.4. The summed E-state index contributed by atoms with van der Waals surface area (Å²) in [4.78, 5) is 16.0. The van der Waals surface area contributed by atoms with Crippen molar-refractivity contribution in [2.45, 2.75) is 12.0 Å². The van der Waals surface area contributed by atoms with Crippen molar-refractivity contribution in [2.75, 3.05) is 0 Å². The lowest BCUT2D eigenvalue weighted by Gasteiger charge is -2.23. The zero-order valence-corrected chi connectivity index (χ0v) is 34.0. The van der Waals surface area contributed by atoms with Gasteiger partial charge in [-0.3, -0.25) is 4.57 Å². The summed E-state index contributed by atoms with van der Waals surface area (Å²) in [5.74, 6) is 2.54. The molecule has 2 aliphatic rings. The van der Waals surface area contributed by atoms with Crippen LogP contribution in [0.3, 0.4) is 0 Å². The van der Waals surface area contributed by atoms with Crippen LogP contribution in [0.25, 0.3) is 95.5 Å². The van der Waals surface area contributed by atoms with Crippen molar-refractivity contribution in [3.05, 3.63) is 223 Å². The van der Waals surface area contributed by atoms with Gasteiger partial charge in [0.2, 0.25) is 5.95 Å². The molecule has 0 saturated carbocycles. The summed E-state index contributed by atoms with van der Waals surface area (Å²) < 4.78 is 11.7.